The number of anilines is 1. The SMILES string of the molecule is C/C=C(\CO)C(=O)O[C@@H]1[C@@H](C(=O)OC)O[C@H]2C[C@@H]3O[C@@H](n4cnc5c(N)ncnc54)[C@H](OC)[C@H]3O[C@]2(O)[C@@H]1O. The minimum absolute atomic E-state index is 0.0384. The number of ether oxygens (including phenoxy) is 6. The molecule has 3 fully saturated rings. The van der Waals surface area contributed by atoms with E-state index < -0.39 is 73.3 Å². The number of imidazole rings is 1. The van der Waals surface area contributed by atoms with Crippen molar-refractivity contribution in [3.05, 3.63) is 24.3 Å². The normalized spacial score (nSPS) is 36.3. The third kappa shape index (κ3) is 4.33. The van der Waals surface area contributed by atoms with Crippen molar-refractivity contribution in [3.8, 4) is 0 Å². The largest absolute Gasteiger partial charge is 0.467 e. The van der Waals surface area contributed by atoms with Crippen LogP contribution in [0.4, 0.5) is 5.82 Å². The monoisotopic (exact) mass is 551 g/mol. The lowest BCUT2D eigenvalue weighted by Gasteiger charge is -2.52. The molecule has 16 heteroatoms. The molecule has 9 atom stereocenters. The highest BCUT2D eigenvalue weighted by atomic mass is 16.7. The van der Waals surface area contributed by atoms with Crippen LogP contribution < -0.4 is 5.73 Å². The third-order valence-corrected chi connectivity index (χ3v) is 7.25. The van der Waals surface area contributed by atoms with Crippen molar-refractivity contribution in [1.29, 1.82) is 0 Å². The lowest BCUT2D eigenvalue weighted by molar-refractivity contribution is -0.397. The highest BCUT2D eigenvalue weighted by molar-refractivity contribution is 5.89. The van der Waals surface area contributed by atoms with Gasteiger partial charge in [-0.25, -0.2) is 24.5 Å². The van der Waals surface area contributed by atoms with Crippen LogP contribution in [0.3, 0.4) is 0 Å². The van der Waals surface area contributed by atoms with Crippen LogP contribution in [0, 0.1) is 0 Å². The predicted molar refractivity (Wildman–Crippen MR) is 126 cm³/mol. The number of esters is 2. The van der Waals surface area contributed by atoms with E-state index in [1.165, 1.54) is 32.8 Å². The summed E-state index contributed by atoms with van der Waals surface area (Å²) >= 11 is 0. The number of hydrogen-bond acceptors (Lipinski definition) is 15. The van der Waals surface area contributed by atoms with Gasteiger partial charge in [-0.15, -0.1) is 0 Å². The van der Waals surface area contributed by atoms with Gasteiger partial charge >= 0.3 is 11.9 Å². The highest BCUT2D eigenvalue weighted by Gasteiger charge is 2.66. The zero-order valence-electron chi connectivity index (χ0n) is 21.2. The first-order chi connectivity index (χ1) is 18.7. The van der Waals surface area contributed by atoms with Crippen molar-refractivity contribution in [3.63, 3.8) is 0 Å². The number of carbonyl (C=O) groups is 2. The molecule has 3 aliphatic rings. The van der Waals surface area contributed by atoms with Crippen molar-refractivity contribution in [2.75, 3.05) is 26.6 Å². The molecule has 2 aromatic rings. The fourth-order valence-corrected chi connectivity index (χ4v) is 5.22. The molecule has 0 spiro atoms. The number of aliphatic hydroxyl groups excluding tert-OH is 2. The topological polar surface area (TPSA) is 220 Å². The fraction of sp³-hybridized carbons (Fsp3) is 0.609. The van der Waals surface area contributed by atoms with Crippen molar-refractivity contribution in [2.45, 2.75) is 68.1 Å². The van der Waals surface area contributed by atoms with Gasteiger partial charge in [-0.05, 0) is 6.92 Å². The van der Waals surface area contributed by atoms with Gasteiger partial charge in [0.05, 0.1) is 31.7 Å². The standard InChI is InChI=1S/C23H29N5O11/c1-4-9(6-29)21(31)38-14-16(22(32)35-3)37-11-5-10-13(39-23(11,33)17(14)30)15(34-2)20(36-10)28-8-27-12-18(24)25-7-26-19(12)28/h4,7-8,10-11,13-17,20,29-30,33H,5-6H2,1-3H3,(H2,24,25,26)/b9-4+/t10-,11-,13-,14+,15+,16-,17+,20+,23-/m0/s1. The Bertz CT molecular complexity index is 1290. The smallest absolute Gasteiger partial charge is 0.339 e. The Hall–Kier alpha value is -3.25. The van der Waals surface area contributed by atoms with E-state index in [1.54, 1.807) is 4.57 Å². The molecule has 2 aromatic heterocycles. The summed E-state index contributed by atoms with van der Waals surface area (Å²) in [5.74, 6) is -4.24. The molecule has 0 aromatic carbocycles. The summed E-state index contributed by atoms with van der Waals surface area (Å²) in [5.41, 5.74) is 6.50. The van der Waals surface area contributed by atoms with Gasteiger partial charge in [-0.3, -0.25) is 4.57 Å². The zero-order valence-corrected chi connectivity index (χ0v) is 21.2. The first kappa shape index (κ1) is 27.3. The molecule has 5 rings (SSSR count). The van der Waals surface area contributed by atoms with Crippen LogP contribution in [-0.2, 0) is 38.0 Å². The number of nitrogen functional groups attached to an aromatic ring is 1. The number of rotatable bonds is 6. The Morgan fingerprint density at radius 3 is 2.69 bits per heavy atom. The first-order valence-electron chi connectivity index (χ1n) is 12.1. The fourth-order valence-electron chi connectivity index (χ4n) is 5.22. The second kappa shape index (κ2) is 10.4. The van der Waals surface area contributed by atoms with E-state index in [9.17, 15) is 24.9 Å². The summed E-state index contributed by atoms with van der Waals surface area (Å²) < 4.78 is 35.4. The van der Waals surface area contributed by atoms with Crippen LogP contribution in [0.5, 0.6) is 0 Å². The molecule has 0 radical (unpaired) electrons. The average Bonchev–Trinajstić information content (AvgIpc) is 3.51. The number of nitrogens with zero attached hydrogens (tertiary/aromatic N) is 4. The minimum atomic E-state index is -2.44. The van der Waals surface area contributed by atoms with Crippen LogP contribution >= 0.6 is 0 Å². The van der Waals surface area contributed by atoms with E-state index in [1.807, 2.05) is 0 Å². The van der Waals surface area contributed by atoms with Crippen LogP contribution in [0.1, 0.15) is 19.6 Å². The summed E-state index contributed by atoms with van der Waals surface area (Å²) in [5, 5.41) is 32.3. The first-order valence-corrected chi connectivity index (χ1v) is 12.1. The lowest BCUT2D eigenvalue weighted by Crippen LogP contribution is -2.73. The Kier molecular flexibility index (Phi) is 7.27. The van der Waals surface area contributed by atoms with E-state index in [2.05, 4.69) is 15.0 Å². The maximum atomic E-state index is 12.6. The summed E-state index contributed by atoms with van der Waals surface area (Å²) in [4.78, 5) is 37.5. The van der Waals surface area contributed by atoms with Crippen LogP contribution in [0.25, 0.3) is 11.2 Å². The van der Waals surface area contributed by atoms with Crippen molar-refractivity contribution < 1.29 is 53.3 Å². The molecule has 0 aliphatic carbocycles. The van der Waals surface area contributed by atoms with Gasteiger partial charge < -0.3 is 49.5 Å². The van der Waals surface area contributed by atoms with Gasteiger partial charge in [-0.1, -0.05) is 6.08 Å². The van der Waals surface area contributed by atoms with Crippen molar-refractivity contribution in [1.82, 2.24) is 19.5 Å². The number of aromatic nitrogens is 4. The van der Waals surface area contributed by atoms with E-state index in [-0.39, 0.29) is 17.8 Å². The minimum Gasteiger partial charge on any atom is -0.467 e. The van der Waals surface area contributed by atoms with E-state index in [4.69, 9.17) is 34.2 Å². The molecule has 5 heterocycles. The van der Waals surface area contributed by atoms with Gasteiger partial charge in [0.1, 0.15) is 30.2 Å². The second-order valence-electron chi connectivity index (χ2n) is 9.27. The number of nitrogens with two attached hydrogens (primary N) is 1. The Labute approximate surface area is 221 Å². The molecule has 0 amide bonds. The molecule has 16 nitrogen and oxygen atoms in total. The molecule has 5 N–H and O–H groups in total. The molecule has 0 unspecified atom stereocenters. The quantitative estimate of drug-likeness (QED) is 0.224. The Balaban J connectivity index is 1.46. The Morgan fingerprint density at radius 1 is 1.26 bits per heavy atom. The average molecular weight is 552 g/mol. The number of fused-ring (bicyclic) bond motifs is 3. The van der Waals surface area contributed by atoms with Crippen molar-refractivity contribution in [2.24, 2.45) is 0 Å². The maximum Gasteiger partial charge on any atom is 0.339 e. The number of methoxy groups -OCH3 is 2. The Morgan fingerprint density at radius 2 is 2.03 bits per heavy atom. The summed E-state index contributed by atoms with van der Waals surface area (Å²) in [6.07, 6.45) is -5.92. The van der Waals surface area contributed by atoms with Crippen LogP contribution in [-0.4, -0.2) is 116 Å². The highest BCUT2D eigenvalue weighted by Crippen LogP contribution is 2.47. The van der Waals surface area contributed by atoms with Gasteiger partial charge in [0.15, 0.2) is 36.0 Å². The van der Waals surface area contributed by atoms with Crippen molar-refractivity contribution >= 4 is 28.9 Å². The summed E-state index contributed by atoms with van der Waals surface area (Å²) in [7, 11) is 2.51. The van der Waals surface area contributed by atoms with E-state index >= 15 is 0 Å². The molecule has 0 saturated carbocycles. The molecular weight excluding hydrogens is 522 g/mol. The third-order valence-electron chi connectivity index (χ3n) is 7.25. The molecule has 212 valence electrons. The molecular formula is C23H29N5O11. The molecule has 3 aliphatic heterocycles. The van der Waals surface area contributed by atoms with Gasteiger partial charge in [0.25, 0.3) is 0 Å². The molecule has 0 bridgehead atoms. The zero-order chi connectivity index (χ0) is 28.1. The van der Waals surface area contributed by atoms with Gasteiger partial charge in [0.2, 0.25) is 5.79 Å². The maximum absolute atomic E-state index is 12.6. The second-order valence-corrected chi connectivity index (χ2v) is 9.27. The number of allylic oxidation sites excluding steroid dienone is 1. The van der Waals surface area contributed by atoms with Crippen LogP contribution in [0.2, 0.25) is 0 Å². The van der Waals surface area contributed by atoms with Crippen LogP contribution in [0.15, 0.2) is 24.3 Å². The predicted octanol–water partition coefficient (Wildman–Crippen LogP) is -2.05. The number of carbonyl (C=O) groups excluding carboxylic acids is 2. The number of hydrogen-bond donors (Lipinski definition) is 4. The summed E-state index contributed by atoms with van der Waals surface area (Å²) in [6.45, 7) is 0.848. The lowest BCUT2D eigenvalue weighted by atomic mass is 9.84. The van der Waals surface area contributed by atoms with Gasteiger partial charge in [0, 0.05) is 13.5 Å². The van der Waals surface area contributed by atoms with E-state index in [0.717, 1.165) is 7.11 Å². The van der Waals surface area contributed by atoms with E-state index in [0.29, 0.717) is 11.2 Å². The number of aliphatic hydroxyl groups is 3. The summed E-state index contributed by atoms with van der Waals surface area (Å²) in [6, 6.07) is 0. The molecule has 3 saturated heterocycles. The molecule has 39 heavy (non-hydrogen) atoms. The van der Waals surface area contributed by atoms with Gasteiger partial charge in [-0.2, -0.15) is 0 Å².